The normalized spacial score (nSPS) is 0.889. The maximum atomic E-state index is 8.50. The van der Waals surface area contributed by atoms with Crippen LogP contribution < -0.4 is 0 Å². The Balaban J connectivity index is -0.000000000714. The quantitative estimate of drug-likeness (QED) is 0.365. The Hall–Kier alpha value is 1.45. The van der Waals surface area contributed by atoms with Gasteiger partial charge in [-0.15, -0.1) is 0 Å². The van der Waals surface area contributed by atoms with Crippen LogP contribution in [0, 0.1) is 0 Å². The molecule has 58 valence electrons. The molecule has 0 aliphatic rings. The van der Waals surface area contributed by atoms with Gasteiger partial charge in [0.2, 0.25) is 0 Å². The van der Waals surface area contributed by atoms with E-state index < -0.39 is 19.1 Å². The average Bonchev–Trinajstić information content (AvgIpc) is 0.918. The molecule has 0 unspecified atom stereocenters. The second kappa shape index (κ2) is 112. The summed E-state index contributed by atoms with van der Waals surface area (Å²) in [6.07, 6.45) is 0. The first-order valence-electron chi connectivity index (χ1n) is 0.408. The van der Waals surface area contributed by atoms with Crippen molar-refractivity contribution in [1.82, 2.24) is 0 Å². The summed E-state index contributed by atoms with van der Waals surface area (Å²) < 4.78 is 17.0. The molecule has 0 fully saturated rings. The van der Waals surface area contributed by atoms with Crippen molar-refractivity contribution in [3.63, 3.8) is 0 Å². The molecule has 0 rings (SSSR count). The van der Waals surface area contributed by atoms with Crippen molar-refractivity contribution in [2.75, 3.05) is 0 Å². The first-order chi connectivity index (χ1) is 1.41. The fourth-order valence-corrected chi connectivity index (χ4v) is 0. The van der Waals surface area contributed by atoms with E-state index in [1.807, 2.05) is 0 Å². The zero-order valence-electron chi connectivity index (χ0n) is 6.02. The molecule has 0 saturated carbocycles. The predicted molar refractivity (Wildman–Crippen MR) is 33.7 cm³/mol. The maximum absolute atomic E-state index is 8.50. The van der Waals surface area contributed by atoms with Gasteiger partial charge in [-0.3, -0.25) is 0 Å². The van der Waals surface area contributed by atoms with Crippen LogP contribution in [0.1, 0.15) is 2.85 Å². The monoisotopic (exact) mass is 208 g/mol. The third-order valence-electron chi connectivity index (χ3n) is 0. The van der Waals surface area contributed by atoms with Crippen LogP contribution in [0.15, 0.2) is 0 Å². The average molecular weight is 208 g/mol. The molecule has 9 heteroatoms. The Morgan fingerprint density at radius 3 is 0.889 bits per heavy atom. The molecule has 8 N–H and O–H groups in total. The van der Waals surface area contributed by atoms with Gasteiger partial charge in [0.25, 0.3) is 0 Å². The van der Waals surface area contributed by atoms with Gasteiger partial charge in [-0.1, -0.05) is 0 Å². The summed E-state index contributed by atoms with van der Waals surface area (Å²) in [5.41, 5.74) is 0. The van der Waals surface area contributed by atoms with Crippen molar-refractivity contribution < 1.29 is 50.5 Å². The number of hydrogen-bond acceptors (Lipinski definition) is 2. The minimum absolute atomic E-state index is 0. The van der Waals surface area contributed by atoms with Gasteiger partial charge in [0.05, 0.1) is 0 Å². The van der Waals surface area contributed by atoms with Gasteiger partial charge < -0.3 is 24.8 Å². The van der Waals surface area contributed by atoms with Gasteiger partial charge in [0.15, 0.2) is 17.4 Å². The summed E-state index contributed by atoms with van der Waals surface area (Å²) in [4.78, 5) is 0. The van der Waals surface area contributed by atoms with E-state index in [0.717, 1.165) is 0 Å². The van der Waals surface area contributed by atoms with E-state index in [2.05, 4.69) is 0 Å². The summed E-state index contributed by atoms with van der Waals surface area (Å²) in [6.45, 7) is 0. The topological polar surface area (TPSA) is 160 Å². The SMILES string of the molecule is O.O.O.O.[AlH3].[H-].[H-].[Mg+2].[O]=[Ti]=[O]. The zero-order chi connectivity index (χ0) is 2.71. The molecule has 0 spiro atoms. The summed E-state index contributed by atoms with van der Waals surface area (Å²) in [5, 5.41) is 0. The van der Waals surface area contributed by atoms with Crippen molar-refractivity contribution in [2.45, 2.75) is 0 Å². The molecule has 0 amide bonds. The molecule has 0 aliphatic heterocycles. The first-order valence-corrected chi connectivity index (χ1v) is 1.68. The summed E-state index contributed by atoms with van der Waals surface area (Å²) in [5.74, 6) is 0. The molecule has 0 aromatic heterocycles. The van der Waals surface area contributed by atoms with E-state index in [0.29, 0.717) is 0 Å². The van der Waals surface area contributed by atoms with Gasteiger partial charge in [-0.2, -0.15) is 0 Å². The van der Waals surface area contributed by atoms with Crippen LogP contribution in [0.25, 0.3) is 0 Å². The fraction of sp³-hybridized carbons (Fsp3) is 0. The molecule has 0 atom stereocenters. The molecule has 0 aliphatic carbocycles. The summed E-state index contributed by atoms with van der Waals surface area (Å²) >= 11 is -2.00. The van der Waals surface area contributed by atoms with Gasteiger partial charge in [0, 0.05) is 0 Å². The van der Waals surface area contributed by atoms with Crippen LogP contribution in [0.3, 0.4) is 0 Å². The van der Waals surface area contributed by atoms with Gasteiger partial charge in [-0.25, -0.2) is 0 Å². The van der Waals surface area contributed by atoms with Crippen molar-refractivity contribution in [1.29, 1.82) is 0 Å². The van der Waals surface area contributed by atoms with Crippen LogP contribution >= 0.6 is 0 Å². The van der Waals surface area contributed by atoms with E-state index in [1.54, 1.807) is 0 Å². The molecule has 0 aromatic carbocycles. The van der Waals surface area contributed by atoms with Crippen LogP contribution in [-0.4, -0.2) is 62.3 Å². The van der Waals surface area contributed by atoms with E-state index >= 15 is 0 Å². The van der Waals surface area contributed by atoms with Crippen LogP contribution in [-0.2, 0) is 25.7 Å². The number of rotatable bonds is 0. The Kier molecular flexibility index (Phi) is 977. The van der Waals surface area contributed by atoms with Crippen molar-refractivity contribution in [3.05, 3.63) is 0 Å². The Labute approximate surface area is 90.4 Å². The second-order valence-corrected chi connectivity index (χ2v) is 0.344. The Morgan fingerprint density at radius 2 is 0.889 bits per heavy atom. The number of hydrogen-bond donors (Lipinski definition) is 0. The van der Waals surface area contributed by atoms with Crippen molar-refractivity contribution in [2.24, 2.45) is 0 Å². The van der Waals surface area contributed by atoms with Gasteiger partial charge >= 0.3 is 48.8 Å². The van der Waals surface area contributed by atoms with Crippen LogP contribution in [0.5, 0.6) is 0 Å². The zero-order valence-corrected chi connectivity index (χ0v) is 7.00. The molecular formula is H13AlMgO6Ti. The third kappa shape index (κ3) is 249. The first kappa shape index (κ1) is 78.3. The minimum atomic E-state index is -2.00. The summed E-state index contributed by atoms with van der Waals surface area (Å²) in [6, 6.07) is 0. The van der Waals surface area contributed by atoms with Gasteiger partial charge in [-0.05, 0) is 0 Å². The summed E-state index contributed by atoms with van der Waals surface area (Å²) in [7, 11) is 0. The standard InChI is InChI=1S/Al.Mg.4H2O.2O.Ti.5H/h;;4*1H2;;;;;;;;/q;+2;;;;;;;;;;;2*-1. The molecular weight excluding hydrogens is 195 g/mol. The van der Waals surface area contributed by atoms with Crippen molar-refractivity contribution >= 4 is 40.4 Å². The molecule has 0 bridgehead atoms. The molecule has 0 radical (unpaired) electrons. The van der Waals surface area contributed by atoms with Crippen LogP contribution in [0.2, 0.25) is 0 Å². The van der Waals surface area contributed by atoms with Gasteiger partial charge in [0.1, 0.15) is 0 Å². The Bertz CT molecular complexity index is 41.6. The molecule has 0 heterocycles. The van der Waals surface area contributed by atoms with Crippen molar-refractivity contribution in [3.8, 4) is 0 Å². The van der Waals surface area contributed by atoms with E-state index in [-0.39, 0.29) is 65.2 Å². The third-order valence-corrected chi connectivity index (χ3v) is 0. The van der Waals surface area contributed by atoms with E-state index in [1.165, 1.54) is 0 Å². The Morgan fingerprint density at radius 1 is 0.889 bits per heavy atom. The molecule has 9 heavy (non-hydrogen) atoms. The fourth-order valence-electron chi connectivity index (χ4n) is 0. The molecule has 6 nitrogen and oxygen atoms in total. The van der Waals surface area contributed by atoms with E-state index in [4.69, 9.17) is 6.65 Å². The second-order valence-electron chi connectivity index (χ2n) is 0.0833. The molecule has 0 aromatic rings. The van der Waals surface area contributed by atoms with E-state index in [9.17, 15) is 0 Å². The predicted octanol–water partition coefficient (Wildman–Crippen LogP) is -4.88. The van der Waals surface area contributed by atoms with Crippen LogP contribution in [0.4, 0.5) is 0 Å². The molecule has 0 saturated heterocycles.